The van der Waals surface area contributed by atoms with Crippen molar-refractivity contribution < 1.29 is 0 Å². The van der Waals surface area contributed by atoms with Gasteiger partial charge in [-0.25, -0.2) is 0 Å². The van der Waals surface area contributed by atoms with Crippen LogP contribution >= 0.6 is 34.2 Å². The van der Waals surface area contributed by atoms with E-state index in [-0.39, 0.29) is 22.5 Å². The van der Waals surface area contributed by atoms with Gasteiger partial charge in [0.2, 0.25) is 0 Å². The summed E-state index contributed by atoms with van der Waals surface area (Å²) in [5.74, 6) is -0.0823. The molecular weight excluding hydrogens is 391 g/mol. The zero-order valence-electron chi connectivity index (χ0n) is 9.87. The van der Waals surface area contributed by atoms with Gasteiger partial charge in [-0.3, -0.25) is 4.79 Å². The third-order valence-electron chi connectivity index (χ3n) is 2.67. The minimum Gasteiger partial charge on any atom is -0.384 e. The normalized spacial score (nSPS) is 9.80. The van der Waals surface area contributed by atoms with Crippen molar-refractivity contribution in [2.24, 2.45) is 0 Å². The van der Waals surface area contributed by atoms with Gasteiger partial charge in [0, 0.05) is 19.7 Å². The van der Waals surface area contributed by atoms with Crippen LogP contribution in [0.2, 0.25) is 5.02 Å². The number of halogens is 2. The summed E-state index contributed by atoms with van der Waals surface area (Å²) < 4.78 is 0.895. The van der Waals surface area contributed by atoms with Crippen molar-refractivity contribution in [3.05, 3.63) is 48.3 Å². The minimum absolute atomic E-state index is 0.0317. The van der Waals surface area contributed by atoms with Crippen LogP contribution in [0.1, 0.15) is 11.1 Å². The first-order valence-corrected chi connectivity index (χ1v) is 6.76. The highest BCUT2D eigenvalue weighted by atomic mass is 127. The Balaban J connectivity index is 2.97. The van der Waals surface area contributed by atoms with Gasteiger partial charge in [-0.05, 0) is 34.7 Å². The highest BCUT2D eigenvalue weighted by Gasteiger charge is 2.19. The van der Waals surface area contributed by atoms with E-state index >= 15 is 0 Å². The second-order valence-electron chi connectivity index (χ2n) is 3.84. The van der Waals surface area contributed by atoms with Gasteiger partial charge in [-0.2, -0.15) is 10.5 Å². The molecule has 0 aliphatic rings. The van der Waals surface area contributed by atoms with Crippen LogP contribution in [-0.4, -0.2) is 4.98 Å². The summed E-state index contributed by atoms with van der Waals surface area (Å²) in [6.07, 6.45) is 0. The number of aromatic amines is 1. The molecule has 0 fully saturated rings. The quantitative estimate of drug-likeness (QED) is 0.723. The molecule has 0 bridgehead atoms. The maximum Gasteiger partial charge on any atom is 0.268 e. The smallest absolute Gasteiger partial charge is 0.268 e. The Labute approximate surface area is 132 Å². The number of nitriles is 2. The van der Waals surface area contributed by atoms with Crippen LogP contribution in [0.3, 0.4) is 0 Å². The highest BCUT2D eigenvalue weighted by molar-refractivity contribution is 14.1. The number of rotatable bonds is 1. The lowest BCUT2D eigenvalue weighted by molar-refractivity contribution is 1.21. The van der Waals surface area contributed by atoms with Gasteiger partial charge in [0.15, 0.2) is 0 Å². The fraction of sp³-hybridized carbons (Fsp3) is 0. The average Bonchev–Trinajstić information content (AvgIpc) is 2.38. The summed E-state index contributed by atoms with van der Waals surface area (Å²) in [7, 11) is 0. The second-order valence-corrected chi connectivity index (χ2v) is 5.49. The lowest BCUT2D eigenvalue weighted by Crippen LogP contribution is -2.16. The first-order chi connectivity index (χ1) is 9.49. The van der Waals surface area contributed by atoms with Crippen molar-refractivity contribution in [1.29, 1.82) is 10.5 Å². The fourth-order valence-electron chi connectivity index (χ4n) is 1.80. The number of pyridine rings is 1. The molecule has 20 heavy (non-hydrogen) atoms. The predicted octanol–water partition coefficient (Wildman–Crippen LogP) is 2.63. The third-order valence-corrected chi connectivity index (χ3v) is 3.65. The van der Waals surface area contributed by atoms with Crippen molar-refractivity contribution in [2.75, 3.05) is 5.73 Å². The third kappa shape index (κ3) is 2.36. The van der Waals surface area contributed by atoms with E-state index in [1.807, 2.05) is 6.07 Å². The van der Waals surface area contributed by atoms with Gasteiger partial charge >= 0.3 is 0 Å². The molecule has 2 rings (SSSR count). The van der Waals surface area contributed by atoms with Gasteiger partial charge in [0.05, 0.1) is 0 Å². The summed E-state index contributed by atoms with van der Waals surface area (Å²) in [6, 6.07) is 8.79. The molecule has 0 saturated carbocycles. The number of H-pyrrole nitrogens is 1. The average molecular weight is 397 g/mol. The Morgan fingerprint density at radius 3 is 2.45 bits per heavy atom. The van der Waals surface area contributed by atoms with Crippen molar-refractivity contribution in [3.63, 3.8) is 0 Å². The zero-order chi connectivity index (χ0) is 14.9. The SMILES string of the molecule is N#Cc1c(N)[nH]c(=O)c(C#N)c1-c1ccc(I)cc1Cl. The molecule has 1 aromatic heterocycles. The van der Waals surface area contributed by atoms with Crippen LogP contribution in [0.5, 0.6) is 0 Å². The van der Waals surface area contributed by atoms with E-state index in [1.54, 1.807) is 24.3 Å². The van der Waals surface area contributed by atoms with Crippen molar-refractivity contribution in [3.8, 4) is 23.3 Å². The summed E-state index contributed by atoms with van der Waals surface area (Å²) in [4.78, 5) is 14.1. The second kappa shape index (κ2) is 5.53. The molecule has 2 aromatic rings. The van der Waals surface area contributed by atoms with E-state index in [4.69, 9.17) is 22.6 Å². The number of benzene rings is 1. The van der Waals surface area contributed by atoms with Crippen molar-refractivity contribution >= 4 is 40.0 Å². The Kier molecular flexibility index (Phi) is 3.98. The number of nitrogens with one attached hydrogen (secondary N) is 1. The summed E-state index contributed by atoms with van der Waals surface area (Å²) >= 11 is 8.23. The van der Waals surface area contributed by atoms with E-state index in [0.29, 0.717) is 10.6 Å². The van der Waals surface area contributed by atoms with E-state index in [1.165, 1.54) is 0 Å². The molecule has 7 heteroatoms. The van der Waals surface area contributed by atoms with Crippen LogP contribution in [0.25, 0.3) is 11.1 Å². The Morgan fingerprint density at radius 2 is 1.90 bits per heavy atom. The van der Waals surface area contributed by atoms with Gasteiger partial charge < -0.3 is 10.7 Å². The molecule has 98 valence electrons. The Hall–Kier alpha value is -2.03. The molecule has 0 radical (unpaired) electrons. The van der Waals surface area contributed by atoms with E-state index in [0.717, 1.165) is 3.57 Å². The topological polar surface area (TPSA) is 106 Å². The number of hydrogen-bond acceptors (Lipinski definition) is 4. The predicted molar refractivity (Wildman–Crippen MR) is 84.1 cm³/mol. The number of nitrogen functional groups attached to an aromatic ring is 1. The number of nitrogens with zero attached hydrogens (tertiary/aromatic N) is 2. The van der Waals surface area contributed by atoms with Crippen molar-refractivity contribution in [2.45, 2.75) is 0 Å². The zero-order valence-corrected chi connectivity index (χ0v) is 12.8. The van der Waals surface area contributed by atoms with Crippen LogP contribution in [0, 0.1) is 26.2 Å². The fourth-order valence-corrected chi connectivity index (χ4v) is 2.76. The number of hydrogen-bond donors (Lipinski definition) is 2. The molecule has 0 aliphatic heterocycles. The van der Waals surface area contributed by atoms with Gasteiger partial charge in [-0.1, -0.05) is 17.7 Å². The molecule has 0 amide bonds. The minimum atomic E-state index is -0.645. The molecule has 0 spiro atoms. The number of anilines is 1. The lowest BCUT2D eigenvalue weighted by atomic mass is 9.97. The maximum atomic E-state index is 11.8. The molecule has 0 saturated heterocycles. The summed E-state index contributed by atoms with van der Waals surface area (Å²) in [5, 5.41) is 18.7. The molecule has 5 nitrogen and oxygen atoms in total. The first kappa shape index (κ1) is 14.4. The summed E-state index contributed by atoms with van der Waals surface area (Å²) in [6.45, 7) is 0. The van der Waals surface area contributed by atoms with E-state index in [9.17, 15) is 10.1 Å². The lowest BCUT2D eigenvalue weighted by Gasteiger charge is -2.10. The highest BCUT2D eigenvalue weighted by Crippen LogP contribution is 2.34. The van der Waals surface area contributed by atoms with Gasteiger partial charge in [0.25, 0.3) is 5.56 Å². The van der Waals surface area contributed by atoms with Crippen LogP contribution in [0.4, 0.5) is 5.82 Å². The number of nitrogens with two attached hydrogens (primary N) is 1. The first-order valence-electron chi connectivity index (χ1n) is 5.31. The molecule has 0 aliphatic carbocycles. The Morgan fingerprint density at radius 1 is 1.25 bits per heavy atom. The van der Waals surface area contributed by atoms with Crippen LogP contribution in [0.15, 0.2) is 23.0 Å². The van der Waals surface area contributed by atoms with E-state index < -0.39 is 5.56 Å². The maximum absolute atomic E-state index is 11.8. The largest absolute Gasteiger partial charge is 0.384 e. The van der Waals surface area contributed by atoms with Crippen molar-refractivity contribution in [1.82, 2.24) is 4.98 Å². The van der Waals surface area contributed by atoms with Gasteiger partial charge in [0.1, 0.15) is 29.1 Å². The molecule has 0 unspecified atom stereocenters. The molecule has 1 heterocycles. The molecule has 3 N–H and O–H groups in total. The number of aromatic nitrogens is 1. The van der Waals surface area contributed by atoms with Crippen LogP contribution < -0.4 is 11.3 Å². The van der Waals surface area contributed by atoms with Gasteiger partial charge in [-0.15, -0.1) is 0 Å². The molecule has 1 aromatic carbocycles. The summed E-state index contributed by atoms with van der Waals surface area (Å²) in [5.41, 5.74) is 5.44. The molecular formula is C13H6ClIN4O. The standard InChI is InChI=1S/C13H6ClIN4O/c14-10-3-6(15)1-2-7(10)11-8(4-16)12(18)19-13(20)9(11)5-17/h1-3H,(H3,18,19,20). The molecule has 0 atom stereocenters. The van der Waals surface area contributed by atoms with E-state index in [2.05, 4.69) is 27.6 Å². The monoisotopic (exact) mass is 396 g/mol. The van der Waals surface area contributed by atoms with Crippen LogP contribution in [-0.2, 0) is 0 Å². The Bertz CT molecular complexity index is 845.